The average molecular weight is 570 g/mol. The Bertz CT molecular complexity index is 472. The van der Waals surface area contributed by atoms with Crippen molar-refractivity contribution in [1.29, 1.82) is 0 Å². The van der Waals surface area contributed by atoms with Crippen LogP contribution in [0.4, 0.5) is 0 Å². The second-order valence-electron chi connectivity index (χ2n) is 5.82. The maximum absolute atomic E-state index is 8.73. The van der Waals surface area contributed by atoms with E-state index in [4.69, 9.17) is 19.7 Å². The van der Waals surface area contributed by atoms with Gasteiger partial charge in [-0.2, -0.15) is 0 Å². The second-order valence-corrected chi connectivity index (χ2v) is 5.82. The summed E-state index contributed by atoms with van der Waals surface area (Å²) >= 11 is 0. The third kappa shape index (κ3) is 12.1. The number of para-hydroxylation sites is 2. The Hall–Kier alpha value is -0.988. The summed E-state index contributed by atoms with van der Waals surface area (Å²) in [6.45, 7) is 5.38. The molecule has 0 aliphatic rings. The largest absolute Gasteiger partial charge is 0.493 e. The average Bonchev–Trinajstić information content (AvgIpc) is 2.66. The van der Waals surface area contributed by atoms with E-state index in [0.29, 0.717) is 13.2 Å². The van der Waals surface area contributed by atoms with E-state index in [1.54, 1.807) is 0 Å². The summed E-state index contributed by atoms with van der Waals surface area (Å²) < 4.78 is 10.8. The van der Waals surface area contributed by atoms with E-state index in [9.17, 15) is 0 Å². The number of aliphatic hydroxyl groups is 2. The molecule has 0 aliphatic carbocycles. The van der Waals surface area contributed by atoms with Crippen molar-refractivity contribution in [2.24, 2.45) is 11.8 Å². The van der Waals surface area contributed by atoms with Crippen molar-refractivity contribution in [2.75, 3.05) is 26.4 Å². The number of hydrogen-bond donors (Lipinski definition) is 2. The summed E-state index contributed by atoms with van der Waals surface area (Å²) in [5.41, 5.74) is 0. The molecule has 0 heterocycles. The van der Waals surface area contributed by atoms with E-state index < -0.39 is 0 Å². The van der Waals surface area contributed by atoms with E-state index in [2.05, 4.69) is 0 Å². The molecule has 0 spiro atoms. The SMILES string of the molecule is CC(CO)COc1ccccc1.CC(CO)COc1ccccc1.[U]. The van der Waals surface area contributed by atoms with Gasteiger partial charge in [0.05, 0.1) is 13.2 Å². The molecule has 0 amide bonds. The Kier molecular flexibility index (Phi) is 14.7. The third-order valence-corrected chi connectivity index (χ3v) is 3.18. The topological polar surface area (TPSA) is 58.9 Å². The van der Waals surface area contributed by atoms with Gasteiger partial charge in [0.15, 0.2) is 0 Å². The molecular weight excluding hydrogens is 542 g/mol. The normalized spacial score (nSPS) is 12.0. The molecule has 136 valence electrons. The van der Waals surface area contributed by atoms with Crippen LogP contribution in [0.15, 0.2) is 60.7 Å². The first kappa shape index (κ1) is 24.0. The summed E-state index contributed by atoms with van der Waals surface area (Å²) in [5, 5.41) is 17.5. The van der Waals surface area contributed by atoms with Crippen molar-refractivity contribution in [2.45, 2.75) is 13.8 Å². The molecule has 2 N–H and O–H groups in total. The molecule has 0 fully saturated rings. The molecule has 0 aliphatic heterocycles. The summed E-state index contributed by atoms with van der Waals surface area (Å²) in [6, 6.07) is 19.2. The molecule has 4 nitrogen and oxygen atoms in total. The second kappa shape index (κ2) is 15.3. The van der Waals surface area contributed by atoms with Crippen LogP contribution in [0.3, 0.4) is 0 Å². The molecule has 0 saturated heterocycles. The first-order valence-electron chi connectivity index (χ1n) is 8.23. The van der Waals surface area contributed by atoms with Crippen LogP contribution in [-0.2, 0) is 0 Å². The summed E-state index contributed by atoms with van der Waals surface area (Å²) in [7, 11) is 0. The van der Waals surface area contributed by atoms with Crippen molar-refractivity contribution in [3.8, 4) is 11.5 Å². The van der Waals surface area contributed by atoms with E-state index in [1.807, 2.05) is 74.5 Å². The minimum atomic E-state index is 0. The van der Waals surface area contributed by atoms with Gasteiger partial charge in [0.2, 0.25) is 0 Å². The first-order chi connectivity index (χ1) is 11.7. The molecule has 0 radical (unpaired) electrons. The fourth-order valence-electron chi connectivity index (χ4n) is 1.62. The monoisotopic (exact) mass is 570 g/mol. The van der Waals surface area contributed by atoms with E-state index >= 15 is 0 Å². The molecule has 0 saturated carbocycles. The van der Waals surface area contributed by atoms with E-state index in [0.717, 1.165) is 11.5 Å². The zero-order valence-corrected chi connectivity index (χ0v) is 19.1. The summed E-state index contributed by atoms with van der Waals surface area (Å²) in [5.74, 6) is 2.12. The van der Waals surface area contributed by atoms with Crippen LogP contribution in [0.25, 0.3) is 0 Å². The Morgan fingerprint density at radius 2 is 1.00 bits per heavy atom. The quantitative estimate of drug-likeness (QED) is 0.511. The minimum Gasteiger partial charge on any atom is -0.493 e. The van der Waals surface area contributed by atoms with Gasteiger partial charge in [-0.25, -0.2) is 0 Å². The van der Waals surface area contributed by atoms with Gasteiger partial charge in [0, 0.05) is 56.2 Å². The number of hydrogen-bond acceptors (Lipinski definition) is 4. The van der Waals surface area contributed by atoms with Crippen LogP contribution in [0.5, 0.6) is 11.5 Å². The fourth-order valence-corrected chi connectivity index (χ4v) is 1.62. The molecule has 2 aromatic rings. The van der Waals surface area contributed by atoms with Gasteiger partial charge in [-0.1, -0.05) is 50.2 Å². The summed E-state index contributed by atoms with van der Waals surface area (Å²) in [4.78, 5) is 0. The van der Waals surface area contributed by atoms with Gasteiger partial charge in [-0.05, 0) is 24.3 Å². The molecule has 2 aromatic carbocycles. The molecule has 2 atom stereocenters. The molecule has 5 heteroatoms. The standard InChI is InChI=1S/2C10H14O2.U/c2*1-9(7-11)8-12-10-5-3-2-4-6-10;/h2*2-6,9,11H,7-8H2,1H3;. The minimum absolute atomic E-state index is 0. The molecular formula is C20H28O4U. The first-order valence-corrected chi connectivity index (χ1v) is 8.23. The number of aliphatic hydroxyl groups excluding tert-OH is 2. The maximum Gasteiger partial charge on any atom is 0.119 e. The Morgan fingerprint density at radius 3 is 1.28 bits per heavy atom. The van der Waals surface area contributed by atoms with Crippen LogP contribution in [-0.4, -0.2) is 36.6 Å². The van der Waals surface area contributed by atoms with Crippen LogP contribution in [0, 0.1) is 42.9 Å². The molecule has 2 unspecified atom stereocenters. The molecule has 2 rings (SSSR count). The van der Waals surface area contributed by atoms with Crippen molar-refractivity contribution in [1.82, 2.24) is 0 Å². The Balaban J connectivity index is 0.000000443. The Morgan fingerprint density at radius 1 is 0.680 bits per heavy atom. The zero-order valence-electron chi connectivity index (χ0n) is 15.0. The summed E-state index contributed by atoms with van der Waals surface area (Å²) in [6.07, 6.45) is 0. The van der Waals surface area contributed by atoms with Gasteiger partial charge in [-0.3, -0.25) is 0 Å². The van der Waals surface area contributed by atoms with Crippen LogP contribution in [0.2, 0.25) is 0 Å². The molecule has 0 aromatic heterocycles. The van der Waals surface area contributed by atoms with Crippen molar-refractivity contribution in [3.63, 3.8) is 0 Å². The predicted molar refractivity (Wildman–Crippen MR) is 96.4 cm³/mol. The van der Waals surface area contributed by atoms with Gasteiger partial charge in [0.25, 0.3) is 0 Å². The zero-order chi connectivity index (χ0) is 17.6. The van der Waals surface area contributed by atoms with Crippen molar-refractivity contribution in [3.05, 3.63) is 60.7 Å². The van der Waals surface area contributed by atoms with Crippen LogP contribution < -0.4 is 9.47 Å². The number of rotatable bonds is 8. The van der Waals surface area contributed by atoms with E-state index in [1.165, 1.54) is 0 Å². The molecule has 0 bridgehead atoms. The predicted octanol–water partition coefficient (Wildman–Crippen LogP) is 3.39. The van der Waals surface area contributed by atoms with Crippen LogP contribution in [0.1, 0.15) is 13.8 Å². The number of benzene rings is 2. The van der Waals surface area contributed by atoms with Gasteiger partial charge in [0.1, 0.15) is 11.5 Å². The van der Waals surface area contributed by atoms with Gasteiger partial charge in [-0.15, -0.1) is 0 Å². The smallest absolute Gasteiger partial charge is 0.119 e. The van der Waals surface area contributed by atoms with Crippen LogP contribution >= 0.6 is 0 Å². The van der Waals surface area contributed by atoms with Crippen molar-refractivity contribution >= 4 is 0 Å². The van der Waals surface area contributed by atoms with E-state index in [-0.39, 0.29) is 56.2 Å². The van der Waals surface area contributed by atoms with Gasteiger partial charge < -0.3 is 19.7 Å². The Labute approximate surface area is 174 Å². The van der Waals surface area contributed by atoms with Gasteiger partial charge >= 0.3 is 0 Å². The number of ether oxygens (including phenoxy) is 2. The fraction of sp³-hybridized carbons (Fsp3) is 0.400. The molecule has 25 heavy (non-hydrogen) atoms. The maximum atomic E-state index is 8.73. The van der Waals surface area contributed by atoms with Crippen molar-refractivity contribution < 1.29 is 50.8 Å². The third-order valence-electron chi connectivity index (χ3n) is 3.18.